The van der Waals surface area contributed by atoms with Gasteiger partial charge in [-0.15, -0.1) is 0 Å². The van der Waals surface area contributed by atoms with Crippen LogP contribution < -0.4 is 5.69 Å². The lowest BCUT2D eigenvalue weighted by molar-refractivity contribution is -0.131. The van der Waals surface area contributed by atoms with E-state index in [1.165, 1.54) is 0 Å². The average molecular weight is 428 g/mol. The largest absolute Gasteiger partial charge is 0.345 e. The van der Waals surface area contributed by atoms with E-state index in [2.05, 4.69) is 32.3 Å². The van der Waals surface area contributed by atoms with Gasteiger partial charge in [0.1, 0.15) is 0 Å². The fraction of sp³-hybridized carbons (Fsp3) is 0.333. The SMILES string of the molecule is O=C(C1CC1)N1CCC(Cn2c(-c3ccc(-c4ccc5nc[nH]c5c4)cc3)n[nH]c2=O)C1. The third-order valence-corrected chi connectivity index (χ3v) is 6.62. The van der Waals surface area contributed by atoms with Gasteiger partial charge in [-0.25, -0.2) is 14.9 Å². The Morgan fingerprint density at radius 3 is 2.62 bits per heavy atom. The molecular weight excluding hydrogens is 404 g/mol. The molecule has 3 heterocycles. The van der Waals surface area contributed by atoms with E-state index in [4.69, 9.17) is 0 Å². The first-order valence-electron chi connectivity index (χ1n) is 11.1. The molecule has 0 spiro atoms. The van der Waals surface area contributed by atoms with Crippen LogP contribution in [0.1, 0.15) is 19.3 Å². The summed E-state index contributed by atoms with van der Waals surface area (Å²) < 4.78 is 1.71. The maximum Gasteiger partial charge on any atom is 0.343 e. The molecule has 1 saturated heterocycles. The van der Waals surface area contributed by atoms with E-state index in [0.717, 1.165) is 60.1 Å². The van der Waals surface area contributed by atoms with E-state index in [1.54, 1.807) is 10.9 Å². The van der Waals surface area contributed by atoms with Gasteiger partial charge in [0.2, 0.25) is 5.91 Å². The highest BCUT2D eigenvalue weighted by atomic mass is 16.2. The van der Waals surface area contributed by atoms with Crippen molar-refractivity contribution in [1.29, 1.82) is 0 Å². The van der Waals surface area contributed by atoms with Gasteiger partial charge in [-0.05, 0) is 48.4 Å². The van der Waals surface area contributed by atoms with E-state index in [9.17, 15) is 9.59 Å². The van der Waals surface area contributed by atoms with Crippen LogP contribution in [-0.4, -0.2) is 48.6 Å². The molecule has 8 nitrogen and oxygen atoms in total. The zero-order valence-electron chi connectivity index (χ0n) is 17.6. The molecule has 6 rings (SSSR count). The molecule has 4 aromatic rings. The van der Waals surface area contributed by atoms with Crippen molar-refractivity contribution in [2.45, 2.75) is 25.8 Å². The third-order valence-electron chi connectivity index (χ3n) is 6.62. The molecule has 0 radical (unpaired) electrons. The molecule has 1 aliphatic heterocycles. The van der Waals surface area contributed by atoms with E-state index in [1.807, 2.05) is 35.2 Å². The van der Waals surface area contributed by atoms with Crippen LogP contribution in [0.2, 0.25) is 0 Å². The summed E-state index contributed by atoms with van der Waals surface area (Å²) in [4.78, 5) is 34.2. The minimum atomic E-state index is -0.208. The molecule has 162 valence electrons. The molecule has 2 aromatic carbocycles. The summed E-state index contributed by atoms with van der Waals surface area (Å²) in [6.45, 7) is 2.08. The van der Waals surface area contributed by atoms with Crippen molar-refractivity contribution >= 4 is 16.9 Å². The number of nitrogens with one attached hydrogen (secondary N) is 2. The van der Waals surface area contributed by atoms with Crippen LogP contribution >= 0.6 is 0 Å². The zero-order valence-corrected chi connectivity index (χ0v) is 17.6. The highest BCUT2D eigenvalue weighted by Gasteiger charge is 2.36. The number of aromatic nitrogens is 5. The first kappa shape index (κ1) is 19.0. The number of H-pyrrole nitrogens is 2. The lowest BCUT2D eigenvalue weighted by atomic mass is 10.0. The van der Waals surface area contributed by atoms with Crippen molar-refractivity contribution in [2.24, 2.45) is 11.8 Å². The van der Waals surface area contributed by atoms with Gasteiger partial charge in [-0.2, -0.15) is 5.10 Å². The molecule has 1 aliphatic carbocycles. The second kappa shape index (κ2) is 7.47. The zero-order chi connectivity index (χ0) is 21.7. The molecule has 1 amide bonds. The smallest absolute Gasteiger partial charge is 0.343 e. The summed E-state index contributed by atoms with van der Waals surface area (Å²) in [5.74, 6) is 1.44. The van der Waals surface area contributed by atoms with Gasteiger partial charge in [-0.3, -0.25) is 9.36 Å². The molecule has 1 saturated carbocycles. The normalized spacial score (nSPS) is 18.5. The molecule has 2 N–H and O–H groups in total. The fourth-order valence-corrected chi connectivity index (χ4v) is 4.66. The number of aromatic amines is 2. The molecule has 2 aromatic heterocycles. The lowest BCUT2D eigenvalue weighted by Gasteiger charge is -2.16. The molecular formula is C24H24N6O2. The number of rotatable bonds is 5. The van der Waals surface area contributed by atoms with Gasteiger partial charge in [-0.1, -0.05) is 30.3 Å². The van der Waals surface area contributed by atoms with E-state index >= 15 is 0 Å². The van der Waals surface area contributed by atoms with Crippen LogP contribution in [0.3, 0.4) is 0 Å². The number of nitrogens with zero attached hydrogens (tertiary/aromatic N) is 4. The van der Waals surface area contributed by atoms with E-state index in [-0.39, 0.29) is 23.4 Å². The standard InChI is InChI=1S/C24H24N6O2/c31-23(18-5-6-18)29-10-9-15(12-29)13-30-22(27-28-24(30)32)17-3-1-16(2-4-17)19-7-8-20-21(11-19)26-14-25-20/h1-4,7-8,11,14-15,18H,5-6,9-10,12-13H2,(H,25,26)(H,28,32). The van der Waals surface area contributed by atoms with Crippen molar-refractivity contribution in [2.75, 3.05) is 13.1 Å². The second-order valence-electron chi connectivity index (χ2n) is 8.89. The third kappa shape index (κ3) is 3.41. The number of carbonyl (C=O) groups is 1. The minimum absolute atomic E-state index is 0.208. The number of fused-ring (bicyclic) bond motifs is 1. The number of likely N-dealkylation sites (tertiary alicyclic amines) is 1. The molecule has 0 bridgehead atoms. The molecule has 32 heavy (non-hydrogen) atoms. The molecule has 8 heteroatoms. The Hall–Kier alpha value is -3.68. The van der Waals surface area contributed by atoms with Crippen molar-refractivity contribution in [3.63, 3.8) is 0 Å². The number of imidazole rings is 1. The summed E-state index contributed by atoms with van der Waals surface area (Å²) in [5, 5.41) is 6.89. The topological polar surface area (TPSA) is 99.7 Å². The van der Waals surface area contributed by atoms with E-state index < -0.39 is 0 Å². The average Bonchev–Trinajstić information content (AvgIpc) is 3.21. The van der Waals surface area contributed by atoms with Crippen LogP contribution in [0.15, 0.2) is 53.6 Å². The Morgan fingerprint density at radius 1 is 1.03 bits per heavy atom. The molecule has 2 aliphatic rings. The predicted molar refractivity (Wildman–Crippen MR) is 121 cm³/mol. The molecule has 1 unspecified atom stereocenters. The second-order valence-corrected chi connectivity index (χ2v) is 8.89. The summed E-state index contributed by atoms with van der Waals surface area (Å²) in [7, 11) is 0. The quantitative estimate of drug-likeness (QED) is 0.510. The van der Waals surface area contributed by atoms with Crippen LogP contribution in [0.25, 0.3) is 33.5 Å². The molecule has 2 fully saturated rings. The number of amides is 1. The Labute approximate surface area is 184 Å². The van der Waals surface area contributed by atoms with Crippen molar-refractivity contribution < 1.29 is 4.79 Å². The van der Waals surface area contributed by atoms with Gasteiger partial charge < -0.3 is 9.88 Å². The van der Waals surface area contributed by atoms with Gasteiger partial charge in [0.15, 0.2) is 5.82 Å². The maximum absolute atomic E-state index is 12.5. The first-order valence-corrected chi connectivity index (χ1v) is 11.1. The Bertz CT molecular complexity index is 1340. The summed E-state index contributed by atoms with van der Waals surface area (Å²) >= 11 is 0. The van der Waals surface area contributed by atoms with Crippen LogP contribution in [0.5, 0.6) is 0 Å². The van der Waals surface area contributed by atoms with Gasteiger partial charge >= 0.3 is 5.69 Å². The van der Waals surface area contributed by atoms with E-state index in [0.29, 0.717) is 12.4 Å². The summed E-state index contributed by atoms with van der Waals surface area (Å²) in [5.41, 5.74) is 4.80. The first-order chi connectivity index (χ1) is 15.7. The summed E-state index contributed by atoms with van der Waals surface area (Å²) in [6, 6.07) is 14.2. The summed E-state index contributed by atoms with van der Waals surface area (Å²) in [6.07, 6.45) is 4.67. The van der Waals surface area contributed by atoms with Crippen LogP contribution in [-0.2, 0) is 11.3 Å². The predicted octanol–water partition coefficient (Wildman–Crippen LogP) is 3.04. The van der Waals surface area contributed by atoms with Crippen molar-refractivity contribution in [3.05, 3.63) is 59.3 Å². The lowest BCUT2D eigenvalue weighted by Crippen LogP contribution is -2.31. The highest BCUT2D eigenvalue weighted by molar-refractivity contribution is 5.82. The van der Waals surface area contributed by atoms with Gasteiger partial charge in [0, 0.05) is 31.1 Å². The number of benzene rings is 2. The van der Waals surface area contributed by atoms with Crippen molar-refractivity contribution in [1.82, 2.24) is 29.6 Å². The Morgan fingerprint density at radius 2 is 1.81 bits per heavy atom. The maximum atomic E-state index is 12.5. The Balaban J connectivity index is 1.22. The minimum Gasteiger partial charge on any atom is -0.345 e. The van der Waals surface area contributed by atoms with Crippen molar-refractivity contribution in [3.8, 4) is 22.5 Å². The highest BCUT2D eigenvalue weighted by Crippen LogP contribution is 2.33. The number of carbonyl (C=O) groups excluding carboxylic acids is 1. The number of hydrogen-bond donors (Lipinski definition) is 2. The van der Waals surface area contributed by atoms with Gasteiger partial charge in [0.05, 0.1) is 17.4 Å². The molecule has 1 atom stereocenters. The number of hydrogen-bond acceptors (Lipinski definition) is 4. The monoisotopic (exact) mass is 428 g/mol. The van der Waals surface area contributed by atoms with Crippen LogP contribution in [0.4, 0.5) is 0 Å². The Kier molecular flexibility index (Phi) is 4.45. The van der Waals surface area contributed by atoms with Crippen LogP contribution in [0, 0.1) is 11.8 Å². The van der Waals surface area contributed by atoms with Gasteiger partial charge in [0.25, 0.3) is 0 Å². The fourth-order valence-electron chi connectivity index (χ4n) is 4.66.